The van der Waals surface area contributed by atoms with Crippen molar-refractivity contribution in [1.29, 1.82) is 0 Å². The number of guanidine groups is 1. The molecule has 6 N–H and O–H groups in total. The third-order valence-corrected chi connectivity index (χ3v) is 4.88. The Morgan fingerprint density at radius 2 is 2.09 bits per heavy atom. The first-order valence-electron chi connectivity index (χ1n) is 11.2. The highest BCUT2D eigenvalue weighted by Gasteiger charge is 2.21. The van der Waals surface area contributed by atoms with Crippen molar-refractivity contribution < 1.29 is 29.3 Å². The summed E-state index contributed by atoms with van der Waals surface area (Å²) in [5.74, 6) is -1.48. The number of benzene rings is 1. The van der Waals surface area contributed by atoms with Gasteiger partial charge in [-0.3, -0.25) is 14.6 Å². The quantitative estimate of drug-likeness (QED) is 0.232. The lowest BCUT2D eigenvalue weighted by Crippen LogP contribution is -2.48. The van der Waals surface area contributed by atoms with Gasteiger partial charge < -0.3 is 36.2 Å². The number of carbonyl (C=O) groups is 3. The summed E-state index contributed by atoms with van der Waals surface area (Å²) in [7, 11) is 0. The minimum atomic E-state index is -1.26. The van der Waals surface area contributed by atoms with Crippen LogP contribution in [0.15, 0.2) is 23.2 Å². The molecular formula is C22H33N5O6. The number of ether oxygens (including phenoxy) is 1. The predicted molar refractivity (Wildman–Crippen MR) is 123 cm³/mol. The molecule has 2 amide bonds. The van der Waals surface area contributed by atoms with Crippen molar-refractivity contribution in [3.05, 3.63) is 23.8 Å². The summed E-state index contributed by atoms with van der Waals surface area (Å²) in [5.41, 5.74) is -0.0281. The number of carboxylic acids is 1. The maximum absolute atomic E-state index is 12.4. The molecule has 1 aromatic carbocycles. The van der Waals surface area contributed by atoms with Gasteiger partial charge in [0.25, 0.3) is 5.91 Å². The Balaban J connectivity index is 1.80. The van der Waals surface area contributed by atoms with Crippen LogP contribution >= 0.6 is 0 Å². The van der Waals surface area contributed by atoms with Crippen LogP contribution in [0.4, 0.5) is 0 Å². The molecule has 1 atom stereocenters. The second-order valence-electron chi connectivity index (χ2n) is 7.59. The number of rotatable bonds is 13. The molecule has 0 unspecified atom stereocenters. The second kappa shape index (κ2) is 13.8. The zero-order chi connectivity index (χ0) is 24.1. The number of unbranched alkanes of at least 4 members (excludes halogenated alkanes) is 2. The van der Waals surface area contributed by atoms with E-state index in [9.17, 15) is 24.6 Å². The molecule has 0 saturated carbocycles. The Labute approximate surface area is 193 Å². The van der Waals surface area contributed by atoms with Crippen LogP contribution in [0.2, 0.25) is 0 Å². The summed E-state index contributed by atoms with van der Waals surface area (Å²) in [6, 6.07) is 2.98. The van der Waals surface area contributed by atoms with E-state index in [1.807, 2.05) is 6.92 Å². The molecule has 1 aliphatic rings. The molecule has 0 bridgehead atoms. The number of phenolic OH excluding ortho intramolecular Hbond substituents is 1. The molecule has 33 heavy (non-hydrogen) atoms. The molecule has 1 aliphatic heterocycles. The number of aromatic hydroxyl groups is 1. The Hall–Kier alpha value is -3.50. The molecule has 0 radical (unpaired) electrons. The average molecular weight is 464 g/mol. The molecule has 1 aromatic rings. The first kappa shape index (κ1) is 25.8. The third kappa shape index (κ3) is 9.26. The molecule has 11 nitrogen and oxygen atoms in total. The number of aliphatic imine (C=N–C) groups is 1. The maximum Gasteiger partial charge on any atom is 0.328 e. The normalized spacial score (nSPS) is 13.8. The van der Waals surface area contributed by atoms with E-state index in [0.717, 1.165) is 38.3 Å². The molecule has 2 rings (SSSR count). The van der Waals surface area contributed by atoms with Crippen LogP contribution in [0, 0.1) is 0 Å². The van der Waals surface area contributed by atoms with Crippen molar-refractivity contribution in [2.45, 2.75) is 45.1 Å². The smallest absolute Gasteiger partial charge is 0.328 e. The van der Waals surface area contributed by atoms with Crippen LogP contribution in [0.5, 0.6) is 11.5 Å². The Morgan fingerprint density at radius 3 is 2.76 bits per heavy atom. The van der Waals surface area contributed by atoms with E-state index in [1.165, 1.54) is 18.2 Å². The number of hydrogen-bond acceptors (Lipinski definition) is 8. The van der Waals surface area contributed by atoms with Crippen LogP contribution in [0.3, 0.4) is 0 Å². The Morgan fingerprint density at radius 1 is 1.27 bits per heavy atom. The lowest BCUT2D eigenvalue weighted by molar-refractivity contribution is -0.141. The fourth-order valence-electron chi connectivity index (χ4n) is 3.07. The average Bonchev–Trinajstić information content (AvgIpc) is 2.80. The van der Waals surface area contributed by atoms with Crippen LogP contribution in [0.1, 0.15) is 49.4 Å². The van der Waals surface area contributed by atoms with Gasteiger partial charge in [0.2, 0.25) is 5.91 Å². The molecule has 182 valence electrons. The van der Waals surface area contributed by atoms with Crippen molar-refractivity contribution in [1.82, 2.24) is 21.3 Å². The van der Waals surface area contributed by atoms with Crippen LogP contribution in [-0.4, -0.2) is 72.8 Å². The largest absolute Gasteiger partial charge is 0.507 e. The number of hydrogen-bond donors (Lipinski definition) is 6. The summed E-state index contributed by atoms with van der Waals surface area (Å²) in [6.45, 7) is 4.19. The summed E-state index contributed by atoms with van der Waals surface area (Å²) in [4.78, 5) is 40.0. The molecule has 0 aromatic heterocycles. The summed E-state index contributed by atoms with van der Waals surface area (Å²) < 4.78 is 5.56. The Kier molecular flexibility index (Phi) is 10.8. The topological polar surface area (TPSA) is 161 Å². The van der Waals surface area contributed by atoms with Gasteiger partial charge >= 0.3 is 5.97 Å². The number of aliphatic carboxylic acids is 1. The van der Waals surface area contributed by atoms with Gasteiger partial charge in [0.05, 0.1) is 12.1 Å². The summed E-state index contributed by atoms with van der Waals surface area (Å²) >= 11 is 0. The highest BCUT2D eigenvalue weighted by atomic mass is 16.5. The van der Waals surface area contributed by atoms with Crippen molar-refractivity contribution in [2.24, 2.45) is 4.99 Å². The molecule has 11 heteroatoms. The fraction of sp³-hybridized carbons (Fsp3) is 0.545. The SMILES string of the molecule is CCCCCC(=O)N[C@@H](CNC(=O)c1ccc(OCCNC2=NCCCN2)cc1O)C(=O)O. The van der Waals surface area contributed by atoms with E-state index >= 15 is 0 Å². The number of carboxylic acid groups (broad SMARTS) is 1. The number of amides is 2. The lowest BCUT2D eigenvalue weighted by atomic mass is 10.1. The van der Waals surface area contributed by atoms with Gasteiger partial charge in [-0.1, -0.05) is 19.8 Å². The minimum absolute atomic E-state index is 0.0281. The number of nitrogens with one attached hydrogen (secondary N) is 4. The van der Waals surface area contributed by atoms with Crippen molar-refractivity contribution in [3.63, 3.8) is 0 Å². The minimum Gasteiger partial charge on any atom is -0.507 e. The predicted octanol–water partition coefficient (Wildman–Crippen LogP) is 0.589. The maximum atomic E-state index is 12.4. The van der Waals surface area contributed by atoms with E-state index < -0.39 is 17.9 Å². The summed E-state index contributed by atoms with van der Waals surface area (Å²) in [5, 5.41) is 30.6. The number of carbonyl (C=O) groups excluding carboxylic acids is 2. The first-order chi connectivity index (χ1) is 15.9. The van der Waals surface area contributed by atoms with Crippen LogP contribution in [-0.2, 0) is 9.59 Å². The summed E-state index contributed by atoms with van der Waals surface area (Å²) in [6.07, 6.45) is 3.73. The first-order valence-corrected chi connectivity index (χ1v) is 11.2. The molecule has 0 saturated heterocycles. The zero-order valence-corrected chi connectivity index (χ0v) is 18.9. The van der Waals surface area contributed by atoms with E-state index in [4.69, 9.17) is 4.74 Å². The van der Waals surface area contributed by atoms with Gasteiger partial charge in [0, 0.05) is 32.1 Å². The van der Waals surface area contributed by atoms with Gasteiger partial charge in [0.1, 0.15) is 24.1 Å². The highest BCUT2D eigenvalue weighted by Crippen LogP contribution is 2.23. The highest BCUT2D eigenvalue weighted by molar-refractivity contribution is 5.97. The monoisotopic (exact) mass is 463 g/mol. The van der Waals surface area contributed by atoms with Crippen molar-refractivity contribution >= 4 is 23.7 Å². The van der Waals surface area contributed by atoms with E-state index in [2.05, 4.69) is 26.3 Å². The standard InChI is InChI=1S/C22H33N5O6/c1-2-3-4-6-19(29)27-17(21(31)32)14-26-20(30)16-8-7-15(13-18(16)28)33-12-11-25-22-23-9-5-10-24-22/h7-8,13,17,28H,2-6,9-12,14H2,1H3,(H,26,30)(H,27,29)(H,31,32)(H2,23,24,25)/t17-/m0/s1. The van der Waals surface area contributed by atoms with Crippen LogP contribution in [0.25, 0.3) is 0 Å². The fourth-order valence-corrected chi connectivity index (χ4v) is 3.07. The van der Waals surface area contributed by atoms with Gasteiger partial charge in [-0.15, -0.1) is 0 Å². The lowest BCUT2D eigenvalue weighted by Gasteiger charge is -2.16. The zero-order valence-electron chi connectivity index (χ0n) is 18.9. The number of nitrogens with zero attached hydrogens (tertiary/aromatic N) is 1. The van der Waals surface area contributed by atoms with E-state index in [-0.39, 0.29) is 30.2 Å². The van der Waals surface area contributed by atoms with E-state index in [1.54, 1.807) is 0 Å². The molecular weight excluding hydrogens is 430 g/mol. The second-order valence-corrected chi connectivity index (χ2v) is 7.59. The van der Waals surface area contributed by atoms with Crippen molar-refractivity contribution in [3.8, 4) is 11.5 Å². The third-order valence-electron chi connectivity index (χ3n) is 4.88. The Bertz CT molecular complexity index is 845. The van der Waals surface area contributed by atoms with E-state index in [0.29, 0.717) is 25.3 Å². The van der Waals surface area contributed by atoms with Crippen molar-refractivity contribution in [2.75, 3.05) is 32.8 Å². The van der Waals surface area contributed by atoms with Gasteiger partial charge in [-0.2, -0.15) is 0 Å². The molecule has 1 heterocycles. The van der Waals surface area contributed by atoms with Gasteiger partial charge in [0.15, 0.2) is 5.96 Å². The van der Waals surface area contributed by atoms with Crippen LogP contribution < -0.4 is 26.0 Å². The molecule has 0 fully saturated rings. The molecule has 0 spiro atoms. The van der Waals surface area contributed by atoms with Gasteiger partial charge in [-0.25, -0.2) is 4.79 Å². The molecule has 0 aliphatic carbocycles. The van der Waals surface area contributed by atoms with Gasteiger partial charge in [-0.05, 0) is 25.0 Å². The number of phenols is 1.